The van der Waals surface area contributed by atoms with Crippen molar-refractivity contribution in [2.45, 2.75) is 206 Å². The van der Waals surface area contributed by atoms with Gasteiger partial charge in [-0.2, -0.15) is 0 Å². The third kappa shape index (κ3) is 41.8. The van der Waals surface area contributed by atoms with Gasteiger partial charge in [-0.25, -0.2) is 0 Å². The summed E-state index contributed by atoms with van der Waals surface area (Å²) in [4.78, 5) is 25.0. The Bertz CT molecular complexity index is 905. The molecule has 0 aliphatic rings. The molecular formula is C44H86NO7P. The Morgan fingerprint density at radius 2 is 1.00 bits per heavy atom. The Hall–Kier alpha value is -1.18. The molecule has 0 aromatic heterocycles. The van der Waals surface area contributed by atoms with E-state index in [0.29, 0.717) is 17.4 Å². The zero-order valence-corrected chi connectivity index (χ0v) is 36.4. The van der Waals surface area contributed by atoms with E-state index in [0.717, 1.165) is 44.9 Å². The van der Waals surface area contributed by atoms with Crippen LogP contribution in [-0.2, 0) is 27.9 Å². The van der Waals surface area contributed by atoms with Gasteiger partial charge in [0.05, 0.1) is 34.0 Å². The molecule has 0 heterocycles. The lowest BCUT2D eigenvalue weighted by molar-refractivity contribution is -0.870. The number of allylic oxidation sites excluding steroid dienone is 3. The van der Waals surface area contributed by atoms with Gasteiger partial charge in [0.25, 0.3) is 7.82 Å². The quantitative estimate of drug-likeness (QED) is 0.0152. The van der Waals surface area contributed by atoms with Gasteiger partial charge in [-0.1, -0.05) is 161 Å². The highest BCUT2D eigenvalue weighted by Gasteiger charge is 2.20. The minimum Gasteiger partial charge on any atom is -0.756 e. The second kappa shape index (κ2) is 37.7. The zero-order chi connectivity index (χ0) is 39.1. The molecule has 0 fully saturated rings. The van der Waals surface area contributed by atoms with Gasteiger partial charge in [0, 0.05) is 6.42 Å². The first-order valence-corrected chi connectivity index (χ1v) is 23.6. The van der Waals surface area contributed by atoms with E-state index in [1.165, 1.54) is 135 Å². The number of quaternary nitrogens is 1. The van der Waals surface area contributed by atoms with Crippen LogP contribution in [0.2, 0.25) is 0 Å². The van der Waals surface area contributed by atoms with Crippen LogP contribution in [-0.4, -0.2) is 64.1 Å². The third-order valence-electron chi connectivity index (χ3n) is 9.57. The van der Waals surface area contributed by atoms with E-state index in [1.807, 2.05) is 27.2 Å². The van der Waals surface area contributed by atoms with Crippen molar-refractivity contribution in [3.05, 3.63) is 24.5 Å². The van der Waals surface area contributed by atoms with Crippen molar-refractivity contribution in [3.63, 3.8) is 0 Å². The van der Waals surface area contributed by atoms with Gasteiger partial charge >= 0.3 is 5.97 Å². The van der Waals surface area contributed by atoms with Crippen LogP contribution in [0.4, 0.5) is 0 Å². The first kappa shape index (κ1) is 51.8. The number of carbonyl (C=O) groups is 1. The summed E-state index contributed by atoms with van der Waals surface area (Å²) in [6.45, 7) is 4.74. The van der Waals surface area contributed by atoms with E-state index in [1.54, 1.807) is 6.26 Å². The minimum absolute atomic E-state index is 0.0166. The lowest BCUT2D eigenvalue weighted by Gasteiger charge is -2.28. The van der Waals surface area contributed by atoms with Crippen molar-refractivity contribution in [3.8, 4) is 0 Å². The van der Waals surface area contributed by atoms with Crippen LogP contribution in [0.1, 0.15) is 200 Å². The SMILES string of the molecule is CCCCCCCCC=CCCCCCCCC(=O)O[C@H](COC=CCCCCCCCCCCCCCCCC)COP(=O)([O-])OCC[N+](C)(C)C. The number of rotatable bonds is 41. The van der Waals surface area contributed by atoms with Crippen molar-refractivity contribution in [1.29, 1.82) is 0 Å². The average Bonchev–Trinajstić information content (AvgIpc) is 3.11. The molecule has 0 amide bonds. The summed E-state index contributed by atoms with van der Waals surface area (Å²) in [5.74, 6) is -0.363. The molecular weight excluding hydrogens is 685 g/mol. The molecule has 0 aliphatic heterocycles. The van der Waals surface area contributed by atoms with Gasteiger partial charge in [0.2, 0.25) is 0 Å². The second-order valence-electron chi connectivity index (χ2n) is 16.1. The predicted octanol–water partition coefficient (Wildman–Crippen LogP) is 12.5. The fourth-order valence-corrected chi connectivity index (χ4v) is 6.82. The maximum absolute atomic E-state index is 12.6. The van der Waals surface area contributed by atoms with Crippen LogP contribution in [0, 0.1) is 0 Å². The maximum atomic E-state index is 12.6. The van der Waals surface area contributed by atoms with Crippen molar-refractivity contribution in [1.82, 2.24) is 0 Å². The molecule has 314 valence electrons. The van der Waals surface area contributed by atoms with Gasteiger partial charge in [0.15, 0.2) is 6.10 Å². The fraction of sp³-hybridized carbons (Fsp3) is 0.886. The smallest absolute Gasteiger partial charge is 0.306 e. The largest absolute Gasteiger partial charge is 0.756 e. The normalized spacial score (nSPS) is 13.9. The molecule has 8 nitrogen and oxygen atoms in total. The molecule has 0 saturated carbocycles. The molecule has 1 unspecified atom stereocenters. The molecule has 53 heavy (non-hydrogen) atoms. The van der Waals surface area contributed by atoms with E-state index >= 15 is 0 Å². The number of phosphoric ester groups is 1. The highest BCUT2D eigenvalue weighted by atomic mass is 31.2. The van der Waals surface area contributed by atoms with E-state index in [-0.39, 0.29) is 25.8 Å². The van der Waals surface area contributed by atoms with Crippen molar-refractivity contribution < 1.29 is 37.3 Å². The van der Waals surface area contributed by atoms with Gasteiger partial charge in [-0.3, -0.25) is 9.36 Å². The van der Waals surface area contributed by atoms with Gasteiger partial charge in [-0.05, 0) is 51.0 Å². The van der Waals surface area contributed by atoms with Crippen molar-refractivity contribution in [2.75, 3.05) is 47.5 Å². The predicted molar refractivity (Wildman–Crippen MR) is 222 cm³/mol. The standard InChI is InChI=1S/C44H86NO7P/c1-6-8-10-12-14-16-18-20-22-24-26-28-30-32-34-36-39-49-41-43(42-51-53(47,48)50-40-38-45(3,4)5)52-44(46)37-35-33-31-29-27-25-23-21-19-17-15-13-11-9-7-2/h21,23,36,39,43H,6-20,22,24-35,37-38,40-42H2,1-5H3/t43-/m1/s1. The van der Waals surface area contributed by atoms with Crippen LogP contribution in [0.5, 0.6) is 0 Å². The lowest BCUT2D eigenvalue weighted by atomic mass is 10.0. The Morgan fingerprint density at radius 1 is 0.585 bits per heavy atom. The number of hydrogen-bond acceptors (Lipinski definition) is 7. The molecule has 9 heteroatoms. The molecule has 0 N–H and O–H groups in total. The van der Waals surface area contributed by atoms with E-state index < -0.39 is 13.9 Å². The van der Waals surface area contributed by atoms with Gasteiger partial charge < -0.3 is 27.9 Å². The molecule has 2 atom stereocenters. The summed E-state index contributed by atoms with van der Waals surface area (Å²) in [5.41, 5.74) is 0. The first-order chi connectivity index (χ1) is 25.6. The van der Waals surface area contributed by atoms with Crippen molar-refractivity contribution in [2.24, 2.45) is 0 Å². The number of nitrogens with zero attached hydrogens (tertiary/aromatic N) is 1. The summed E-state index contributed by atoms with van der Waals surface area (Å²) in [5, 5.41) is 0. The summed E-state index contributed by atoms with van der Waals surface area (Å²) in [6.07, 6.45) is 42.8. The number of carbonyl (C=O) groups excluding carboxylic acids is 1. The molecule has 0 saturated heterocycles. The summed E-state index contributed by atoms with van der Waals surface area (Å²) in [6, 6.07) is 0. The first-order valence-electron chi connectivity index (χ1n) is 22.1. The number of likely N-dealkylation sites (N-methyl/N-ethyl adjacent to an activating group) is 1. The van der Waals surface area contributed by atoms with Crippen LogP contribution in [0.3, 0.4) is 0 Å². The Balaban J connectivity index is 4.28. The maximum Gasteiger partial charge on any atom is 0.306 e. The zero-order valence-electron chi connectivity index (χ0n) is 35.5. The van der Waals surface area contributed by atoms with Crippen LogP contribution in [0.15, 0.2) is 24.5 Å². The van der Waals surface area contributed by atoms with E-state index in [2.05, 4.69) is 26.0 Å². The van der Waals surface area contributed by atoms with Crippen LogP contribution < -0.4 is 4.89 Å². The van der Waals surface area contributed by atoms with E-state index in [9.17, 15) is 14.3 Å². The molecule has 0 spiro atoms. The fourth-order valence-electron chi connectivity index (χ4n) is 6.09. The summed E-state index contributed by atoms with van der Waals surface area (Å²) >= 11 is 0. The molecule has 0 aliphatic carbocycles. The molecule has 0 aromatic carbocycles. The Labute approximate surface area is 328 Å². The highest BCUT2D eigenvalue weighted by molar-refractivity contribution is 7.45. The van der Waals surface area contributed by atoms with Gasteiger partial charge in [-0.15, -0.1) is 0 Å². The number of esters is 1. The molecule has 0 rings (SSSR count). The Morgan fingerprint density at radius 3 is 1.45 bits per heavy atom. The second-order valence-corrected chi connectivity index (χ2v) is 17.5. The highest BCUT2D eigenvalue weighted by Crippen LogP contribution is 2.38. The number of unbranched alkanes of at least 4 members (excludes halogenated alkanes) is 25. The third-order valence-corrected chi connectivity index (χ3v) is 10.5. The summed E-state index contributed by atoms with van der Waals surface area (Å²) < 4.78 is 34.3. The monoisotopic (exact) mass is 772 g/mol. The number of hydrogen-bond donors (Lipinski definition) is 0. The van der Waals surface area contributed by atoms with E-state index in [4.69, 9.17) is 18.5 Å². The van der Waals surface area contributed by atoms with Crippen LogP contribution >= 0.6 is 7.82 Å². The molecule has 0 aromatic rings. The average molecular weight is 772 g/mol. The van der Waals surface area contributed by atoms with Crippen molar-refractivity contribution >= 4 is 13.8 Å². The van der Waals surface area contributed by atoms with Gasteiger partial charge in [0.1, 0.15) is 19.8 Å². The summed E-state index contributed by atoms with van der Waals surface area (Å²) in [7, 11) is 1.32. The molecule has 0 radical (unpaired) electrons. The minimum atomic E-state index is -4.54. The lowest BCUT2D eigenvalue weighted by Crippen LogP contribution is -2.37. The Kier molecular flexibility index (Phi) is 36.9. The number of phosphoric acid groups is 1. The van der Waals surface area contributed by atoms with Crippen LogP contribution in [0.25, 0.3) is 0 Å². The molecule has 0 bridgehead atoms. The number of ether oxygens (including phenoxy) is 2. The topological polar surface area (TPSA) is 94.1 Å².